The van der Waals surface area contributed by atoms with Gasteiger partial charge in [0.05, 0.1) is 11.5 Å². The first-order chi connectivity index (χ1) is 11.9. The molecule has 0 aromatic heterocycles. The van der Waals surface area contributed by atoms with Crippen molar-refractivity contribution < 1.29 is 14.7 Å². The molecule has 3 rings (SSSR count). The first-order valence-electron chi connectivity index (χ1n) is 9.24. The van der Waals surface area contributed by atoms with Crippen LogP contribution in [0.4, 0.5) is 0 Å². The van der Waals surface area contributed by atoms with Crippen molar-refractivity contribution in [2.45, 2.75) is 45.7 Å². The van der Waals surface area contributed by atoms with E-state index in [2.05, 4.69) is 17.0 Å². The van der Waals surface area contributed by atoms with E-state index in [1.807, 2.05) is 32.0 Å². The number of hydrogen-bond acceptors (Lipinski definition) is 3. The van der Waals surface area contributed by atoms with E-state index in [1.165, 1.54) is 5.56 Å². The molecular weight excluding hydrogens is 316 g/mol. The van der Waals surface area contributed by atoms with Crippen LogP contribution < -0.4 is 0 Å². The summed E-state index contributed by atoms with van der Waals surface area (Å²) in [5.41, 5.74) is 0.420. The fraction of sp³-hybridized carbons (Fsp3) is 0.600. The van der Waals surface area contributed by atoms with Crippen molar-refractivity contribution in [1.29, 1.82) is 0 Å². The van der Waals surface area contributed by atoms with Gasteiger partial charge < -0.3 is 10.0 Å². The Balaban J connectivity index is 1.69. The van der Waals surface area contributed by atoms with E-state index in [4.69, 9.17) is 0 Å². The summed E-state index contributed by atoms with van der Waals surface area (Å²) >= 11 is 0. The quantitative estimate of drug-likeness (QED) is 0.892. The molecule has 5 heteroatoms. The fourth-order valence-corrected chi connectivity index (χ4v) is 4.24. The molecule has 0 radical (unpaired) electrons. The predicted octanol–water partition coefficient (Wildman–Crippen LogP) is 2.61. The van der Waals surface area contributed by atoms with Gasteiger partial charge in [-0.1, -0.05) is 44.2 Å². The maximum absolute atomic E-state index is 13.1. The average molecular weight is 344 g/mol. The van der Waals surface area contributed by atoms with E-state index in [1.54, 1.807) is 4.90 Å². The minimum atomic E-state index is -0.793. The van der Waals surface area contributed by atoms with Gasteiger partial charge in [0.1, 0.15) is 0 Å². The molecule has 2 saturated heterocycles. The summed E-state index contributed by atoms with van der Waals surface area (Å²) in [5, 5.41) is 9.70. The standard InChI is InChI=1S/C20H28N2O3/c1-15(2)20(19(24)25)10-12-22(14-20)18(23)17-9-6-11-21(17)13-16-7-4-3-5-8-16/h3-5,7-8,15,17H,6,9-14H2,1-2H3,(H,24,25). The van der Waals surface area contributed by atoms with Crippen molar-refractivity contribution >= 4 is 11.9 Å². The number of likely N-dealkylation sites (tertiary alicyclic amines) is 2. The highest BCUT2D eigenvalue weighted by Crippen LogP contribution is 2.39. The molecule has 2 unspecified atom stereocenters. The zero-order valence-corrected chi connectivity index (χ0v) is 15.1. The molecule has 0 saturated carbocycles. The Morgan fingerprint density at radius 1 is 1.24 bits per heavy atom. The van der Waals surface area contributed by atoms with Crippen LogP contribution in [0.5, 0.6) is 0 Å². The molecule has 5 nitrogen and oxygen atoms in total. The zero-order valence-electron chi connectivity index (χ0n) is 15.1. The van der Waals surface area contributed by atoms with Gasteiger partial charge in [-0.05, 0) is 37.3 Å². The number of carboxylic acid groups (broad SMARTS) is 1. The molecule has 1 N–H and O–H groups in total. The van der Waals surface area contributed by atoms with Gasteiger partial charge in [-0.2, -0.15) is 0 Å². The lowest BCUT2D eigenvalue weighted by Gasteiger charge is -2.31. The van der Waals surface area contributed by atoms with Gasteiger partial charge in [-0.15, -0.1) is 0 Å². The molecule has 136 valence electrons. The third-order valence-corrected chi connectivity index (χ3v) is 6.02. The van der Waals surface area contributed by atoms with Crippen molar-refractivity contribution in [1.82, 2.24) is 9.80 Å². The highest BCUT2D eigenvalue weighted by molar-refractivity contribution is 5.84. The Kier molecular flexibility index (Phi) is 5.13. The summed E-state index contributed by atoms with van der Waals surface area (Å²) < 4.78 is 0. The summed E-state index contributed by atoms with van der Waals surface area (Å²) in [5.74, 6) is -0.644. The van der Waals surface area contributed by atoms with E-state index in [0.29, 0.717) is 19.5 Å². The highest BCUT2D eigenvalue weighted by atomic mass is 16.4. The Morgan fingerprint density at radius 3 is 2.56 bits per heavy atom. The number of rotatable bonds is 5. The van der Waals surface area contributed by atoms with Gasteiger partial charge in [0.2, 0.25) is 5.91 Å². The Morgan fingerprint density at radius 2 is 1.96 bits per heavy atom. The number of hydrogen-bond donors (Lipinski definition) is 1. The number of amides is 1. The molecule has 2 heterocycles. The van der Waals surface area contributed by atoms with Crippen LogP contribution in [0.25, 0.3) is 0 Å². The van der Waals surface area contributed by atoms with Crippen molar-refractivity contribution in [3.05, 3.63) is 35.9 Å². The van der Waals surface area contributed by atoms with E-state index in [-0.39, 0.29) is 17.9 Å². The molecule has 2 aliphatic rings. The van der Waals surface area contributed by atoms with E-state index in [9.17, 15) is 14.7 Å². The molecule has 0 spiro atoms. The first kappa shape index (κ1) is 17.9. The molecule has 2 fully saturated rings. The molecule has 2 atom stereocenters. The van der Waals surface area contributed by atoms with Gasteiger partial charge >= 0.3 is 5.97 Å². The largest absolute Gasteiger partial charge is 0.481 e. The van der Waals surface area contributed by atoms with Gasteiger partial charge in [-0.25, -0.2) is 0 Å². The lowest BCUT2D eigenvalue weighted by atomic mass is 9.76. The van der Waals surface area contributed by atoms with Gasteiger partial charge in [-0.3, -0.25) is 14.5 Å². The van der Waals surface area contributed by atoms with E-state index in [0.717, 1.165) is 25.9 Å². The molecule has 1 amide bonds. The number of aliphatic carboxylic acids is 1. The summed E-state index contributed by atoms with van der Waals surface area (Å²) in [7, 11) is 0. The summed E-state index contributed by atoms with van der Waals surface area (Å²) in [6, 6.07) is 10.1. The fourth-order valence-electron chi connectivity index (χ4n) is 4.24. The van der Waals surface area contributed by atoms with Gasteiger partial charge in [0, 0.05) is 19.6 Å². The summed E-state index contributed by atoms with van der Waals surface area (Å²) in [6.07, 6.45) is 2.44. The zero-order chi connectivity index (χ0) is 18.0. The van der Waals surface area contributed by atoms with Crippen LogP contribution in [-0.4, -0.2) is 52.5 Å². The van der Waals surface area contributed by atoms with Crippen molar-refractivity contribution in [3.63, 3.8) is 0 Å². The normalized spacial score (nSPS) is 27.2. The van der Waals surface area contributed by atoms with Crippen molar-refractivity contribution in [3.8, 4) is 0 Å². The number of carbonyl (C=O) groups is 2. The molecule has 25 heavy (non-hydrogen) atoms. The molecule has 2 aliphatic heterocycles. The topological polar surface area (TPSA) is 60.9 Å². The van der Waals surface area contributed by atoms with E-state index >= 15 is 0 Å². The minimum Gasteiger partial charge on any atom is -0.481 e. The van der Waals surface area contributed by atoms with Crippen molar-refractivity contribution in [2.75, 3.05) is 19.6 Å². The van der Waals surface area contributed by atoms with Crippen LogP contribution >= 0.6 is 0 Å². The summed E-state index contributed by atoms with van der Waals surface area (Å²) in [6.45, 7) is 6.49. The van der Waals surface area contributed by atoms with Crippen molar-refractivity contribution in [2.24, 2.45) is 11.3 Å². The highest BCUT2D eigenvalue weighted by Gasteiger charge is 2.49. The lowest BCUT2D eigenvalue weighted by Crippen LogP contribution is -2.47. The maximum Gasteiger partial charge on any atom is 0.311 e. The van der Waals surface area contributed by atoms with E-state index < -0.39 is 11.4 Å². The lowest BCUT2D eigenvalue weighted by molar-refractivity contribution is -0.151. The number of benzene rings is 1. The van der Waals surface area contributed by atoms with Crippen LogP contribution in [0.3, 0.4) is 0 Å². The van der Waals surface area contributed by atoms with Crippen LogP contribution in [0, 0.1) is 11.3 Å². The Labute approximate surface area is 149 Å². The predicted molar refractivity (Wildman–Crippen MR) is 96.0 cm³/mol. The minimum absolute atomic E-state index is 0.0202. The second kappa shape index (κ2) is 7.16. The molecular formula is C20H28N2O3. The molecule has 0 aliphatic carbocycles. The van der Waals surface area contributed by atoms with Crippen LogP contribution in [0.1, 0.15) is 38.7 Å². The Hall–Kier alpha value is -1.88. The number of nitrogens with zero attached hydrogens (tertiary/aromatic N) is 2. The van der Waals surface area contributed by atoms with Gasteiger partial charge in [0.15, 0.2) is 0 Å². The third-order valence-electron chi connectivity index (χ3n) is 6.02. The van der Waals surface area contributed by atoms with Crippen LogP contribution in [0.15, 0.2) is 30.3 Å². The number of carbonyl (C=O) groups excluding carboxylic acids is 1. The van der Waals surface area contributed by atoms with Gasteiger partial charge in [0.25, 0.3) is 0 Å². The Bertz CT molecular complexity index is 631. The number of carboxylic acids is 1. The second-order valence-electron chi connectivity index (χ2n) is 7.74. The molecule has 0 bridgehead atoms. The van der Waals surface area contributed by atoms with Crippen LogP contribution in [-0.2, 0) is 16.1 Å². The third kappa shape index (κ3) is 3.43. The summed E-state index contributed by atoms with van der Waals surface area (Å²) in [4.78, 5) is 28.9. The maximum atomic E-state index is 13.1. The monoisotopic (exact) mass is 344 g/mol. The SMILES string of the molecule is CC(C)C1(C(=O)O)CCN(C(=O)C2CCCN2Cc2ccccc2)C1. The smallest absolute Gasteiger partial charge is 0.311 e. The average Bonchev–Trinajstić information content (AvgIpc) is 3.23. The molecule has 1 aromatic carbocycles. The first-order valence-corrected chi connectivity index (χ1v) is 9.24. The molecule has 1 aromatic rings. The second-order valence-corrected chi connectivity index (χ2v) is 7.74. The van der Waals surface area contributed by atoms with Crippen LogP contribution in [0.2, 0.25) is 0 Å².